The number of likely N-dealkylation sites (tertiary alicyclic amines) is 1. The predicted molar refractivity (Wildman–Crippen MR) is 129 cm³/mol. The fraction of sp³-hybridized carbons (Fsp3) is 0.542. The average molecular weight is 473 g/mol. The number of ether oxygens (including phenoxy) is 2. The topological polar surface area (TPSA) is 84.0 Å². The third-order valence-electron chi connectivity index (χ3n) is 6.22. The summed E-state index contributed by atoms with van der Waals surface area (Å²) in [5.41, 5.74) is 2.36. The summed E-state index contributed by atoms with van der Waals surface area (Å²) in [6.45, 7) is 3.95. The number of hydrogen-bond acceptors (Lipinski definition) is 7. The summed E-state index contributed by atoms with van der Waals surface area (Å²) in [5, 5.41) is 5.86. The molecule has 0 spiro atoms. The van der Waals surface area contributed by atoms with Gasteiger partial charge in [0.15, 0.2) is 0 Å². The van der Waals surface area contributed by atoms with Crippen LogP contribution in [0.1, 0.15) is 53.5 Å². The van der Waals surface area contributed by atoms with Crippen molar-refractivity contribution >= 4 is 34.7 Å². The van der Waals surface area contributed by atoms with E-state index in [1.165, 1.54) is 30.6 Å². The molecular formula is C24H32N4O4S. The van der Waals surface area contributed by atoms with Crippen LogP contribution in [0.15, 0.2) is 29.6 Å². The molecule has 33 heavy (non-hydrogen) atoms. The summed E-state index contributed by atoms with van der Waals surface area (Å²) in [6.07, 6.45) is 4.96. The van der Waals surface area contributed by atoms with Crippen molar-refractivity contribution in [2.75, 3.05) is 56.7 Å². The molecule has 0 atom stereocenters. The van der Waals surface area contributed by atoms with Gasteiger partial charge in [0.05, 0.1) is 23.0 Å². The van der Waals surface area contributed by atoms with Crippen molar-refractivity contribution < 1.29 is 19.1 Å². The molecule has 1 aromatic heterocycles. The molecule has 2 aliphatic heterocycles. The zero-order valence-electron chi connectivity index (χ0n) is 19.1. The van der Waals surface area contributed by atoms with E-state index in [-0.39, 0.29) is 24.5 Å². The minimum atomic E-state index is -0.294. The largest absolute Gasteiger partial charge is 0.447 e. The third-order valence-corrected chi connectivity index (χ3v) is 7.23. The molecule has 2 fully saturated rings. The molecule has 0 saturated carbocycles. The highest BCUT2D eigenvalue weighted by molar-refractivity contribution is 7.10. The molecule has 1 N–H and O–H groups in total. The Morgan fingerprint density at radius 2 is 1.85 bits per heavy atom. The Morgan fingerprint density at radius 1 is 1.09 bits per heavy atom. The quantitative estimate of drug-likeness (QED) is 0.603. The first-order valence-electron chi connectivity index (χ1n) is 11.7. The number of hydrogen-bond donors (Lipinski definition) is 1. The lowest BCUT2D eigenvalue weighted by Gasteiger charge is -2.30. The lowest BCUT2D eigenvalue weighted by atomic mass is 9.98. The van der Waals surface area contributed by atoms with E-state index in [1.54, 1.807) is 12.0 Å². The van der Waals surface area contributed by atoms with Gasteiger partial charge in [0, 0.05) is 44.6 Å². The SMILES string of the molecule is COCCOC(=O)N1CCC(c2nc(C(=O)Nc3ccccc3N3CCCCC3)cs2)CC1. The number of anilines is 2. The van der Waals surface area contributed by atoms with E-state index in [9.17, 15) is 9.59 Å². The van der Waals surface area contributed by atoms with Gasteiger partial charge < -0.3 is 24.6 Å². The van der Waals surface area contributed by atoms with Crippen molar-refractivity contribution in [1.29, 1.82) is 0 Å². The Morgan fingerprint density at radius 3 is 2.61 bits per heavy atom. The second-order valence-corrected chi connectivity index (χ2v) is 9.35. The molecule has 4 rings (SSSR count). The van der Waals surface area contributed by atoms with Gasteiger partial charge in [-0.05, 0) is 44.2 Å². The highest BCUT2D eigenvalue weighted by Gasteiger charge is 2.27. The van der Waals surface area contributed by atoms with Crippen molar-refractivity contribution in [3.8, 4) is 0 Å². The highest BCUT2D eigenvalue weighted by atomic mass is 32.1. The molecule has 2 aromatic rings. The summed E-state index contributed by atoms with van der Waals surface area (Å²) in [7, 11) is 1.58. The van der Waals surface area contributed by atoms with Crippen LogP contribution in [0.5, 0.6) is 0 Å². The molecule has 2 saturated heterocycles. The van der Waals surface area contributed by atoms with Crippen molar-refractivity contribution in [2.24, 2.45) is 0 Å². The minimum absolute atomic E-state index is 0.180. The molecule has 0 aliphatic carbocycles. The van der Waals surface area contributed by atoms with Crippen molar-refractivity contribution in [3.63, 3.8) is 0 Å². The lowest BCUT2D eigenvalue weighted by molar-refractivity contribution is 0.0659. The van der Waals surface area contributed by atoms with Crippen LogP contribution in [0.25, 0.3) is 0 Å². The van der Waals surface area contributed by atoms with E-state index in [1.807, 2.05) is 23.6 Å². The number of rotatable bonds is 7. The molecule has 9 heteroatoms. The number of thiazole rings is 1. The molecule has 2 aliphatic rings. The average Bonchev–Trinajstić information content (AvgIpc) is 3.36. The zero-order chi connectivity index (χ0) is 23.0. The summed E-state index contributed by atoms with van der Waals surface area (Å²) in [6, 6.07) is 7.99. The summed E-state index contributed by atoms with van der Waals surface area (Å²) in [4.78, 5) is 33.8. The molecule has 1 aromatic carbocycles. The van der Waals surface area contributed by atoms with Crippen molar-refractivity contribution in [2.45, 2.75) is 38.0 Å². The minimum Gasteiger partial charge on any atom is -0.447 e. The van der Waals surface area contributed by atoms with Crippen molar-refractivity contribution in [1.82, 2.24) is 9.88 Å². The van der Waals surface area contributed by atoms with E-state index in [0.29, 0.717) is 25.4 Å². The Balaban J connectivity index is 1.33. The first-order chi connectivity index (χ1) is 16.2. The van der Waals surface area contributed by atoms with Gasteiger partial charge in [0.2, 0.25) is 0 Å². The molecule has 0 bridgehead atoms. The molecule has 0 unspecified atom stereocenters. The normalized spacial score (nSPS) is 17.1. The number of piperidine rings is 2. The molecular weight excluding hydrogens is 440 g/mol. The van der Waals surface area contributed by atoms with Crippen LogP contribution in [0.3, 0.4) is 0 Å². The van der Waals surface area contributed by atoms with Crippen LogP contribution >= 0.6 is 11.3 Å². The van der Waals surface area contributed by atoms with Gasteiger partial charge >= 0.3 is 6.09 Å². The van der Waals surface area contributed by atoms with Crippen LogP contribution in [0.2, 0.25) is 0 Å². The van der Waals surface area contributed by atoms with Gasteiger partial charge in [0.1, 0.15) is 12.3 Å². The first-order valence-corrected chi connectivity index (χ1v) is 12.5. The first kappa shape index (κ1) is 23.5. The second kappa shape index (κ2) is 11.5. The number of carbonyl (C=O) groups is 2. The van der Waals surface area contributed by atoms with Gasteiger partial charge in [-0.3, -0.25) is 4.79 Å². The number of methoxy groups -OCH3 is 1. The Kier molecular flexibility index (Phi) is 8.17. The predicted octanol–water partition coefficient (Wildman–Crippen LogP) is 4.35. The van der Waals surface area contributed by atoms with E-state index in [2.05, 4.69) is 21.3 Å². The maximum atomic E-state index is 12.9. The second-order valence-electron chi connectivity index (χ2n) is 8.46. The van der Waals surface area contributed by atoms with Crippen LogP contribution in [0.4, 0.5) is 16.2 Å². The Labute approximate surface area is 198 Å². The third kappa shape index (κ3) is 6.03. The Bertz CT molecular complexity index is 936. The molecule has 178 valence electrons. The standard InChI is InChI=1S/C24H32N4O4S/c1-31-15-16-32-24(30)28-13-9-18(10-14-28)23-26-20(17-33-23)22(29)25-19-7-3-4-8-21(19)27-11-5-2-6-12-27/h3-4,7-8,17-18H,2,5-6,9-16H2,1H3,(H,25,29). The fourth-order valence-electron chi connectivity index (χ4n) is 4.37. The summed E-state index contributed by atoms with van der Waals surface area (Å²) in [5.74, 6) is 0.0707. The van der Waals surface area contributed by atoms with Crippen LogP contribution < -0.4 is 10.2 Å². The van der Waals surface area contributed by atoms with Gasteiger partial charge in [0.25, 0.3) is 5.91 Å². The number of para-hydroxylation sites is 2. The number of aromatic nitrogens is 1. The Hall–Kier alpha value is -2.65. The van der Waals surface area contributed by atoms with Gasteiger partial charge in [-0.2, -0.15) is 0 Å². The molecule has 3 heterocycles. The number of carbonyl (C=O) groups excluding carboxylic acids is 2. The molecule has 2 amide bonds. The molecule has 0 radical (unpaired) electrons. The highest BCUT2D eigenvalue weighted by Crippen LogP contribution is 2.32. The number of benzene rings is 1. The van der Waals surface area contributed by atoms with E-state index in [4.69, 9.17) is 9.47 Å². The maximum absolute atomic E-state index is 12.9. The van der Waals surface area contributed by atoms with Gasteiger partial charge in [-0.15, -0.1) is 11.3 Å². The summed E-state index contributed by atoms with van der Waals surface area (Å²) < 4.78 is 10.1. The van der Waals surface area contributed by atoms with E-state index < -0.39 is 0 Å². The number of nitrogens with zero attached hydrogens (tertiary/aromatic N) is 3. The maximum Gasteiger partial charge on any atom is 0.409 e. The smallest absolute Gasteiger partial charge is 0.409 e. The van der Waals surface area contributed by atoms with Crippen molar-refractivity contribution in [3.05, 3.63) is 40.3 Å². The zero-order valence-corrected chi connectivity index (χ0v) is 19.9. The van der Waals surface area contributed by atoms with Crippen LogP contribution in [-0.4, -0.2) is 68.4 Å². The lowest BCUT2D eigenvalue weighted by Crippen LogP contribution is -2.38. The number of amides is 2. The fourth-order valence-corrected chi connectivity index (χ4v) is 5.34. The van der Waals surface area contributed by atoms with Crippen LogP contribution in [-0.2, 0) is 9.47 Å². The van der Waals surface area contributed by atoms with Gasteiger partial charge in [-0.1, -0.05) is 12.1 Å². The van der Waals surface area contributed by atoms with E-state index >= 15 is 0 Å². The van der Waals surface area contributed by atoms with Gasteiger partial charge in [-0.25, -0.2) is 9.78 Å². The van der Waals surface area contributed by atoms with E-state index in [0.717, 1.165) is 42.3 Å². The number of nitrogens with one attached hydrogen (secondary N) is 1. The molecule has 8 nitrogen and oxygen atoms in total. The van der Waals surface area contributed by atoms with Crippen LogP contribution in [0, 0.1) is 0 Å². The summed E-state index contributed by atoms with van der Waals surface area (Å²) >= 11 is 1.52. The monoisotopic (exact) mass is 472 g/mol.